The van der Waals surface area contributed by atoms with E-state index in [0.29, 0.717) is 6.54 Å². The van der Waals surface area contributed by atoms with E-state index >= 15 is 0 Å². The summed E-state index contributed by atoms with van der Waals surface area (Å²) >= 11 is 1.47. The molecule has 0 unspecified atom stereocenters. The van der Waals surface area contributed by atoms with Gasteiger partial charge in [0.05, 0.1) is 24.6 Å². The highest BCUT2D eigenvalue weighted by Crippen LogP contribution is 2.30. The second-order valence-electron chi connectivity index (χ2n) is 6.80. The zero-order valence-corrected chi connectivity index (χ0v) is 17.2. The predicted octanol–water partition coefficient (Wildman–Crippen LogP) is 4.31. The maximum Gasteiger partial charge on any atom is 0.416 e. The van der Waals surface area contributed by atoms with Crippen molar-refractivity contribution in [2.45, 2.75) is 25.2 Å². The highest BCUT2D eigenvalue weighted by molar-refractivity contribution is 7.09. The van der Waals surface area contributed by atoms with Gasteiger partial charge in [0, 0.05) is 11.1 Å². The highest BCUT2D eigenvalue weighted by Gasteiger charge is 2.30. The standard InChI is InChI=1S/C21H18F3N3O4S/c22-21(23,24)14-7-5-13(6-8-14)17(11-18(28)29)26-20(31)25-16-4-1-9-27(19(16)30)12-15-3-2-10-32-15/h1-10,17H,11-12H2,(H,28,29)(H2,25,26,31)/t17-/m0/s1. The Morgan fingerprint density at radius 2 is 1.81 bits per heavy atom. The van der Waals surface area contributed by atoms with Crippen LogP contribution in [0.5, 0.6) is 0 Å². The number of halogens is 3. The van der Waals surface area contributed by atoms with E-state index in [9.17, 15) is 27.6 Å². The Hall–Kier alpha value is -3.60. The topological polar surface area (TPSA) is 100 Å². The Morgan fingerprint density at radius 3 is 2.41 bits per heavy atom. The SMILES string of the molecule is O=C(O)C[C@H](NC(=O)Nc1cccn(Cc2cccs2)c1=O)c1ccc(C(F)(F)F)cc1. The van der Waals surface area contributed by atoms with Gasteiger partial charge < -0.3 is 20.3 Å². The summed E-state index contributed by atoms with van der Waals surface area (Å²) in [5, 5.41) is 15.8. The van der Waals surface area contributed by atoms with Gasteiger partial charge >= 0.3 is 18.2 Å². The molecule has 1 aromatic carbocycles. The molecule has 0 radical (unpaired) electrons. The first kappa shape index (κ1) is 23.1. The number of alkyl halides is 3. The van der Waals surface area contributed by atoms with Gasteiger partial charge in [-0.15, -0.1) is 11.3 Å². The third kappa shape index (κ3) is 5.97. The van der Waals surface area contributed by atoms with Crippen molar-refractivity contribution in [2.75, 3.05) is 5.32 Å². The molecule has 0 fully saturated rings. The monoisotopic (exact) mass is 465 g/mol. The van der Waals surface area contributed by atoms with Crippen molar-refractivity contribution < 1.29 is 27.9 Å². The van der Waals surface area contributed by atoms with E-state index in [1.54, 1.807) is 12.3 Å². The van der Waals surface area contributed by atoms with Gasteiger partial charge in [0.15, 0.2) is 0 Å². The number of rotatable bonds is 7. The van der Waals surface area contributed by atoms with E-state index in [2.05, 4.69) is 10.6 Å². The number of hydrogen-bond acceptors (Lipinski definition) is 4. The molecule has 2 amide bonds. The maximum atomic E-state index is 12.8. The number of pyridine rings is 1. The Labute approximate surface area is 184 Å². The Bertz CT molecular complexity index is 1140. The fourth-order valence-corrected chi connectivity index (χ4v) is 3.68. The number of thiophene rings is 1. The lowest BCUT2D eigenvalue weighted by Crippen LogP contribution is -2.36. The summed E-state index contributed by atoms with van der Waals surface area (Å²) in [6.07, 6.45) is -3.53. The zero-order chi connectivity index (χ0) is 23.3. The molecular formula is C21H18F3N3O4S. The number of benzene rings is 1. The van der Waals surface area contributed by atoms with Crippen LogP contribution < -0.4 is 16.2 Å². The van der Waals surface area contributed by atoms with Crippen molar-refractivity contribution in [3.05, 3.63) is 86.5 Å². The van der Waals surface area contributed by atoms with Gasteiger partial charge in [0.2, 0.25) is 0 Å². The normalized spacial score (nSPS) is 12.2. The van der Waals surface area contributed by atoms with E-state index in [4.69, 9.17) is 5.11 Å². The summed E-state index contributed by atoms with van der Waals surface area (Å²) in [5.41, 5.74) is -1.20. The molecule has 0 spiro atoms. The predicted molar refractivity (Wildman–Crippen MR) is 113 cm³/mol. The third-order valence-electron chi connectivity index (χ3n) is 4.50. The summed E-state index contributed by atoms with van der Waals surface area (Å²) < 4.78 is 39.7. The largest absolute Gasteiger partial charge is 0.481 e. The third-order valence-corrected chi connectivity index (χ3v) is 5.36. The quantitative estimate of drug-likeness (QED) is 0.484. The van der Waals surface area contributed by atoms with Crippen LogP contribution in [0.4, 0.5) is 23.7 Å². The smallest absolute Gasteiger partial charge is 0.416 e. The van der Waals surface area contributed by atoms with Crippen molar-refractivity contribution in [3.8, 4) is 0 Å². The van der Waals surface area contributed by atoms with Crippen LogP contribution in [0.3, 0.4) is 0 Å². The molecule has 168 valence electrons. The summed E-state index contributed by atoms with van der Waals surface area (Å²) in [6, 6.07) is 8.56. The lowest BCUT2D eigenvalue weighted by molar-refractivity contribution is -0.138. The molecule has 0 saturated heterocycles. The highest BCUT2D eigenvalue weighted by atomic mass is 32.1. The second-order valence-corrected chi connectivity index (χ2v) is 7.84. The van der Waals surface area contributed by atoms with Crippen molar-refractivity contribution in [3.63, 3.8) is 0 Å². The Morgan fingerprint density at radius 1 is 1.09 bits per heavy atom. The molecule has 2 heterocycles. The molecule has 1 atom stereocenters. The minimum absolute atomic E-state index is 0.0250. The van der Waals surface area contributed by atoms with Gasteiger partial charge in [-0.1, -0.05) is 18.2 Å². The fourth-order valence-electron chi connectivity index (χ4n) is 2.97. The lowest BCUT2D eigenvalue weighted by Gasteiger charge is -2.19. The van der Waals surface area contributed by atoms with E-state index in [0.717, 1.165) is 29.1 Å². The van der Waals surface area contributed by atoms with Gasteiger partial charge in [-0.3, -0.25) is 9.59 Å². The molecule has 3 rings (SSSR count). The van der Waals surface area contributed by atoms with Crippen LogP contribution in [0.25, 0.3) is 0 Å². The van der Waals surface area contributed by atoms with E-state index in [-0.39, 0.29) is 11.3 Å². The second kappa shape index (κ2) is 9.69. The van der Waals surface area contributed by atoms with Gasteiger partial charge in [-0.25, -0.2) is 4.79 Å². The maximum absolute atomic E-state index is 12.8. The minimum Gasteiger partial charge on any atom is -0.481 e. The van der Waals surface area contributed by atoms with Gasteiger partial charge in [-0.05, 0) is 41.3 Å². The first-order chi connectivity index (χ1) is 15.1. The zero-order valence-electron chi connectivity index (χ0n) is 16.4. The number of amides is 2. The van der Waals surface area contributed by atoms with Gasteiger partial charge in [-0.2, -0.15) is 13.2 Å². The summed E-state index contributed by atoms with van der Waals surface area (Å²) in [7, 11) is 0. The molecule has 2 aromatic heterocycles. The van der Waals surface area contributed by atoms with Crippen molar-refractivity contribution in [2.24, 2.45) is 0 Å². The van der Waals surface area contributed by atoms with Crippen LogP contribution in [0.15, 0.2) is 64.9 Å². The number of carbonyl (C=O) groups is 2. The molecule has 0 saturated carbocycles. The average molecular weight is 465 g/mol. The van der Waals surface area contributed by atoms with Crippen LogP contribution in [0.1, 0.15) is 28.5 Å². The number of aliphatic carboxylic acids is 1. The van der Waals surface area contributed by atoms with E-state index in [1.165, 1.54) is 22.0 Å². The molecular weight excluding hydrogens is 447 g/mol. The average Bonchev–Trinajstić information content (AvgIpc) is 3.23. The molecule has 0 aliphatic heterocycles. The number of nitrogens with one attached hydrogen (secondary N) is 2. The molecule has 0 aliphatic rings. The molecule has 3 aromatic rings. The number of carboxylic acid groups (broad SMARTS) is 1. The van der Waals surface area contributed by atoms with Crippen LogP contribution in [0, 0.1) is 0 Å². The first-order valence-electron chi connectivity index (χ1n) is 9.32. The van der Waals surface area contributed by atoms with Crippen molar-refractivity contribution in [1.29, 1.82) is 0 Å². The molecule has 0 aliphatic carbocycles. The summed E-state index contributed by atoms with van der Waals surface area (Å²) in [5.74, 6) is -1.26. The fraction of sp³-hybridized carbons (Fsp3) is 0.190. The Balaban J connectivity index is 1.74. The summed E-state index contributed by atoms with van der Waals surface area (Å²) in [6.45, 7) is 0.320. The molecule has 3 N–H and O–H groups in total. The van der Waals surface area contributed by atoms with E-state index in [1.807, 2.05) is 17.5 Å². The first-order valence-corrected chi connectivity index (χ1v) is 10.2. The van der Waals surface area contributed by atoms with Crippen LogP contribution in [0.2, 0.25) is 0 Å². The van der Waals surface area contributed by atoms with Crippen LogP contribution in [-0.4, -0.2) is 21.7 Å². The van der Waals surface area contributed by atoms with Gasteiger partial charge in [0.25, 0.3) is 5.56 Å². The number of aromatic nitrogens is 1. The minimum atomic E-state index is -4.54. The number of anilines is 1. The number of carboxylic acids is 1. The molecule has 0 bridgehead atoms. The number of nitrogens with zero attached hydrogens (tertiary/aromatic N) is 1. The summed E-state index contributed by atoms with van der Waals surface area (Å²) in [4.78, 5) is 37.2. The van der Waals surface area contributed by atoms with Gasteiger partial charge in [0.1, 0.15) is 5.69 Å². The number of carbonyl (C=O) groups excluding carboxylic acids is 1. The number of hydrogen-bond donors (Lipinski definition) is 3. The molecule has 11 heteroatoms. The Kier molecular flexibility index (Phi) is 6.98. The van der Waals surface area contributed by atoms with Crippen molar-refractivity contribution >= 4 is 29.0 Å². The van der Waals surface area contributed by atoms with E-state index < -0.39 is 41.8 Å². The lowest BCUT2D eigenvalue weighted by atomic mass is 10.0. The van der Waals surface area contributed by atoms with Crippen molar-refractivity contribution in [1.82, 2.24) is 9.88 Å². The van der Waals surface area contributed by atoms with Crippen LogP contribution in [-0.2, 0) is 17.5 Å². The van der Waals surface area contributed by atoms with Crippen LogP contribution >= 0.6 is 11.3 Å². The molecule has 7 nitrogen and oxygen atoms in total. The molecule has 32 heavy (non-hydrogen) atoms. The number of urea groups is 1.